The van der Waals surface area contributed by atoms with E-state index in [0.29, 0.717) is 6.42 Å². The van der Waals surface area contributed by atoms with Gasteiger partial charge in [0.1, 0.15) is 0 Å². The van der Waals surface area contributed by atoms with Crippen LogP contribution in [0.5, 0.6) is 0 Å². The maximum absolute atomic E-state index is 12.6. The molecule has 0 aliphatic carbocycles. The van der Waals surface area contributed by atoms with Crippen molar-refractivity contribution in [3.8, 4) is 0 Å². The SMILES string of the molecule is CCCCCCCCCC(=O)OC(CC(=O)OCC)(CC(=O)OCC)C(=O)OCC. The van der Waals surface area contributed by atoms with Crippen molar-refractivity contribution in [2.24, 2.45) is 0 Å². The lowest BCUT2D eigenvalue weighted by Crippen LogP contribution is -2.48. The predicted octanol–water partition coefficient (Wildman–Crippen LogP) is 3.88. The Morgan fingerprint density at radius 1 is 0.600 bits per heavy atom. The lowest BCUT2D eigenvalue weighted by molar-refractivity contribution is -0.191. The minimum absolute atomic E-state index is 0.00153. The van der Waals surface area contributed by atoms with Gasteiger partial charge in [-0.15, -0.1) is 0 Å². The maximum atomic E-state index is 12.6. The Morgan fingerprint density at radius 2 is 1.07 bits per heavy atom. The molecule has 8 nitrogen and oxygen atoms in total. The third kappa shape index (κ3) is 11.8. The van der Waals surface area contributed by atoms with Crippen LogP contribution in [0, 0.1) is 0 Å². The van der Waals surface area contributed by atoms with E-state index in [0.717, 1.165) is 19.3 Å². The fourth-order valence-corrected chi connectivity index (χ4v) is 2.97. The Morgan fingerprint density at radius 3 is 1.53 bits per heavy atom. The van der Waals surface area contributed by atoms with E-state index in [4.69, 9.17) is 18.9 Å². The third-order valence-electron chi connectivity index (χ3n) is 4.41. The van der Waals surface area contributed by atoms with Gasteiger partial charge in [-0.1, -0.05) is 45.4 Å². The second-order valence-electron chi connectivity index (χ2n) is 7.02. The smallest absolute Gasteiger partial charge is 0.351 e. The van der Waals surface area contributed by atoms with Crippen molar-refractivity contribution in [2.45, 2.75) is 97.5 Å². The first-order valence-corrected chi connectivity index (χ1v) is 11.0. The number of hydrogen-bond acceptors (Lipinski definition) is 8. The van der Waals surface area contributed by atoms with Gasteiger partial charge in [0.2, 0.25) is 5.60 Å². The Hall–Kier alpha value is -2.12. The molecule has 0 heterocycles. The van der Waals surface area contributed by atoms with Crippen molar-refractivity contribution in [2.75, 3.05) is 19.8 Å². The Bertz CT molecular complexity index is 509. The van der Waals surface area contributed by atoms with Crippen molar-refractivity contribution >= 4 is 23.9 Å². The summed E-state index contributed by atoms with van der Waals surface area (Å²) in [6.45, 7) is 7.13. The summed E-state index contributed by atoms with van der Waals surface area (Å²) in [4.78, 5) is 49.3. The molecule has 30 heavy (non-hydrogen) atoms. The largest absolute Gasteiger partial charge is 0.466 e. The molecule has 0 saturated heterocycles. The zero-order valence-electron chi connectivity index (χ0n) is 19.0. The van der Waals surface area contributed by atoms with Gasteiger partial charge in [-0.25, -0.2) is 4.79 Å². The highest BCUT2D eigenvalue weighted by Crippen LogP contribution is 2.26. The van der Waals surface area contributed by atoms with Crippen LogP contribution in [0.1, 0.15) is 91.9 Å². The Labute approximate surface area is 180 Å². The van der Waals surface area contributed by atoms with Crippen LogP contribution < -0.4 is 0 Å². The van der Waals surface area contributed by atoms with Crippen molar-refractivity contribution in [1.29, 1.82) is 0 Å². The van der Waals surface area contributed by atoms with Crippen molar-refractivity contribution in [3.63, 3.8) is 0 Å². The summed E-state index contributed by atoms with van der Waals surface area (Å²) < 4.78 is 20.2. The van der Waals surface area contributed by atoms with E-state index in [1.54, 1.807) is 20.8 Å². The molecule has 8 heteroatoms. The summed E-state index contributed by atoms with van der Waals surface area (Å²) in [5, 5.41) is 0. The van der Waals surface area contributed by atoms with Crippen molar-refractivity contribution < 1.29 is 38.1 Å². The average Bonchev–Trinajstić information content (AvgIpc) is 2.67. The van der Waals surface area contributed by atoms with E-state index in [2.05, 4.69) is 6.92 Å². The summed E-state index contributed by atoms with van der Waals surface area (Å²) in [5.41, 5.74) is -2.09. The van der Waals surface area contributed by atoms with Crippen LogP contribution in [-0.4, -0.2) is 49.3 Å². The monoisotopic (exact) mass is 430 g/mol. The normalized spacial score (nSPS) is 10.9. The molecule has 0 aliphatic rings. The fourth-order valence-electron chi connectivity index (χ4n) is 2.97. The van der Waals surface area contributed by atoms with Crippen molar-refractivity contribution in [1.82, 2.24) is 0 Å². The molecule has 174 valence electrons. The lowest BCUT2D eigenvalue weighted by Gasteiger charge is -2.29. The molecule has 0 N–H and O–H groups in total. The maximum Gasteiger partial charge on any atom is 0.351 e. The molecule has 0 aromatic heterocycles. The number of rotatable bonds is 17. The van der Waals surface area contributed by atoms with E-state index < -0.39 is 42.3 Å². The fraction of sp³-hybridized carbons (Fsp3) is 0.818. The zero-order valence-corrected chi connectivity index (χ0v) is 19.0. The van der Waals surface area contributed by atoms with Gasteiger partial charge in [0.05, 0.1) is 32.7 Å². The van der Waals surface area contributed by atoms with Gasteiger partial charge in [-0.05, 0) is 27.2 Å². The van der Waals surface area contributed by atoms with Crippen LogP contribution in [-0.2, 0) is 38.1 Å². The summed E-state index contributed by atoms with van der Waals surface area (Å²) >= 11 is 0. The molecule has 0 spiro atoms. The van der Waals surface area contributed by atoms with Gasteiger partial charge in [0.25, 0.3) is 0 Å². The predicted molar refractivity (Wildman–Crippen MR) is 111 cm³/mol. The highest BCUT2D eigenvalue weighted by Gasteiger charge is 2.49. The Kier molecular flexibility index (Phi) is 15.5. The second kappa shape index (κ2) is 16.7. The molecule has 0 aromatic carbocycles. The Balaban J connectivity index is 5.16. The molecular formula is C22H38O8. The van der Waals surface area contributed by atoms with Gasteiger partial charge in [-0.2, -0.15) is 0 Å². The summed E-state index contributed by atoms with van der Waals surface area (Å²) in [7, 11) is 0. The van der Waals surface area contributed by atoms with E-state index in [9.17, 15) is 19.2 Å². The quantitative estimate of drug-likeness (QED) is 0.194. The number of esters is 4. The first-order chi connectivity index (χ1) is 14.3. The van der Waals surface area contributed by atoms with E-state index in [-0.39, 0.29) is 26.2 Å². The van der Waals surface area contributed by atoms with Crippen LogP contribution in [0.3, 0.4) is 0 Å². The second-order valence-corrected chi connectivity index (χ2v) is 7.02. The van der Waals surface area contributed by atoms with Gasteiger partial charge in [0, 0.05) is 6.42 Å². The minimum Gasteiger partial charge on any atom is -0.466 e. The number of hydrogen-bond donors (Lipinski definition) is 0. The van der Waals surface area contributed by atoms with Gasteiger partial charge in [0.15, 0.2) is 0 Å². The highest BCUT2D eigenvalue weighted by atomic mass is 16.6. The molecule has 0 unspecified atom stereocenters. The first-order valence-electron chi connectivity index (χ1n) is 11.0. The highest BCUT2D eigenvalue weighted by molar-refractivity contribution is 5.92. The van der Waals surface area contributed by atoms with Crippen LogP contribution in [0.4, 0.5) is 0 Å². The molecule has 0 bridgehead atoms. The number of unbranched alkanes of at least 4 members (excludes halogenated alkanes) is 6. The topological polar surface area (TPSA) is 105 Å². The molecule has 0 atom stereocenters. The van der Waals surface area contributed by atoms with Crippen molar-refractivity contribution in [3.05, 3.63) is 0 Å². The molecule has 0 aromatic rings. The number of carbonyl (C=O) groups is 4. The molecule has 0 saturated carbocycles. The number of carbonyl (C=O) groups excluding carboxylic acids is 4. The van der Waals surface area contributed by atoms with Crippen LogP contribution >= 0.6 is 0 Å². The summed E-state index contributed by atoms with van der Waals surface area (Å²) in [6, 6.07) is 0. The molecule has 0 amide bonds. The summed E-state index contributed by atoms with van der Waals surface area (Å²) in [6.07, 6.45) is 6.00. The van der Waals surface area contributed by atoms with Gasteiger partial charge in [-0.3, -0.25) is 14.4 Å². The average molecular weight is 431 g/mol. The lowest BCUT2D eigenvalue weighted by atomic mass is 9.94. The van der Waals surface area contributed by atoms with Crippen LogP contribution in [0.15, 0.2) is 0 Å². The molecular weight excluding hydrogens is 392 g/mol. The minimum atomic E-state index is -2.09. The first kappa shape index (κ1) is 27.9. The van der Waals surface area contributed by atoms with Crippen LogP contribution in [0.2, 0.25) is 0 Å². The van der Waals surface area contributed by atoms with E-state index in [1.165, 1.54) is 19.3 Å². The van der Waals surface area contributed by atoms with E-state index >= 15 is 0 Å². The zero-order chi connectivity index (χ0) is 22.8. The standard InChI is InChI=1S/C22H38O8/c1-5-9-10-11-12-13-14-15-18(23)30-22(21(26)29-8-4,16-19(24)27-6-2)17-20(25)28-7-3/h5-17H2,1-4H3. The molecule has 0 radical (unpaired) electrons. The molecule has 0 aliphatic heterocycles. The van der Waals surface area contributed by atoms with E-state index in [1.807, 2.05) is 0 Å². The molecule has 0 fully saturated rings. The number of ether oxygens (including phenoxy) is 4. The molecule has 0 rings (SSSR count). The van der Waals surface area contributed by atoms with Gasteiger partial charge >= 0.3 is 23.9 Å². The third-order valence-corrected chi connectivity index (χ3v) is 4.41. The van der Waals surface area contributed by atoms with Gasteiger partial charge < -0.3 is 18.9 Å². The summed E-state index contributed by atoms with van der Waals surface area (Å²) in [5.74, 6) is -3.15. The van der Waals surface area contributed by atoms with Crippen LogP contribution in [0.25, 0.3) is 0 Å².